The zero-order valence-corrected chi connectivity index (χ0v) is 13.5. The van der Waals surface area contributed by atoms with Gasteiger partial charge in [0.25, 0.3) is 0 Å². The Hall–Kier alpha value is -1.24. The molecular weight excluding hydrogens is 256 g/mol. The second-order valence-corrected chi connectivity index (χ2v) is 6.46. The monoisotopic (exact) mass is 286 g/mol. The minimum atomic E-state index is 0.584. The van der Waals surface area contributed by atoms with Crippen LogP contribution in [0.25, 0.3) is 0 Å². The lowest BCUT2D eigenvalue weighted by molar-refractivity contribution is 0.252. The van der Waals surface area contributed by atoms with Crippen LogP contribution >= 0.6 is 0 Å². The van der Waals surface area contributed by atoms with Gasteiger partial charge in [-0.1, -0.05) is 70.2 Å². The highest BCUT2D eigenvalue weighted by atomic mass is 16.5. The van der Waals surface area contributed by atoms with Gasteiger partial charge in [-0.15, -0.1) is 0 Å². The van der Waals surface area contributed by atoms with Gasteiger partial charge in [0.15, 0.2) is 0 Å². The van der Waals surface area contributed by atoms with Crippen molar-refractivity contribution < 1.29 is 4.74 Å². The molecule has 2 rings (SSSR count). The zero-order valence-electron chi connectivity index (χ0n) is 13.5. The maximum atomic E-state index is 5.52. The quantitative estimate of drug-likeness (QED) is 0.549. The van der Waals surface area contributed by atoms with Crippen molar-refractivity contribution in [1.82, 2.24) is 0 Å². The molecule has 0 atom stereocenters. The van der Waals surface area contributed by atoms with E-state index in [2.05, 4.69) is 37.8 Å². The summed E-state index contributed by atoms with van der Waals surface area (Å²) in [6, 6.07) is 8.58. The predicted molar refractivity (Wildman–Crippen MR) is 90.8 cm³/mol. The first kappa shape index (κ1) is 16.1. The molecule has 0 aliphatic heterocycles. The highest BCUT2D eigenvalue weighted by Gasteiger charge is 2.20. The van der Waals surface area contributed by atoms with Crippen molar-refractivity contribution in [2.45, 2.75) is 58.3 Å². The van der Waals surface area contributed by atoms with Gasteiger partial charge in [-0.3, -0.25) is 0 Å². The van der Waals surface area contributed by atoms with E-state index in [9.17, 15) is 0 Å². The summed E-state index contributed by atoms with van der Waals surface area (Å²) < 4.78 is 5.52. The van der Waals surface area contributed by atoms with Gasteiger partial charge in [0.1, 0.15) is 12.4 Å². The van der Waals surface area contributed by atoms with Gasteiger partial charge in [-0.2, -0.15) is 0 Å². The van der Waals surface area contributed by atoms with E-state index in [-0.39, 0.29) is 0 Å². The van der Waals surface area contributed by atoms with Crippen LogP contribution in [0.15, 0.2) is 36.9 Å². The third-order valence-electron chi connectivity index (χ3n) is 4.80. The molecule has 0 spiro atoms. The standard InChI is InChI=1S/C20H30O/c1-3-5-17-6-8-18(9-7-17)10-11-19-12-14-20(15-13-19)21-16-4-2/h4,12-15,17-18H,2-3,5-11,16H2,1H3/t17-,18-. The van der Waals surface area contributed by atoms with Crippen LogP contribution in [0.4, 0.5) is 0 Å². The Kier molecular flexibility index (Phi) is 6.85. The summed E-state index contributed by atoms with van der Waals surface area (Å²) in [7, 11) is 0. The van der Waals surface area contributed by atoms with Gasteiger partial charge >= 0.3 is 0 Å². The molecule has 116 valence electrons. The van der Waals surface area contributed by atoms with E-state index in [1.165, 1.54) is 56.9 Å². The maximum Gasteiger partial charge on any atom is 0.119 e. The number of aryl methyl sites for hydroxylation is 1. The Balaban J connectivity index is 1.70. The third kappa shape index (κ3) is 5.57. The van der Waals surface area contributed by atoms with Crippen molar-refractivity contribution in [3.8, 4) is 5.75 Å². The van der Waals surface area contributed by atoms with Crippen LogP contribution in [0, 0.1) is 11.8 Å². The summed E-state index contributed by atoms with van der Waals surface area (Å²) in [5.74, 6) is 2.92. The van der Waals surface area contributed by atoms with E-state index >= 15 is 0 Å². The van der Waals surface area contributed by atoms with E-state index in [1.54, 1.807) is 6.08 Å². The third-order valence-corrected chi connectivity index (χ3v) is 4.80. The lowest BCUT2D eigenvalue weighted by Crippen LogP contribution is -2.15. The number of ether oxygens (including phenoxy) is 1. The van der Waals surface area contributed by atoms with Crippen molar-refractivity contribution in [3.63, 3.8) is 0 Å². The molecule has 1 heteroatoms. The van der Waals surface area contributed by atoms with Crippen LogP contribution in [-0.4, -0.2) is 6.61 Å². The average molecular weight is 286 g/mol. The molecule has 0 radical (unpaired) electrons. The molecule has 0 heterocycles. The second-order valence-electron chi connectivity index (χ2n) is 6.46. The molecule has 0 saturated heterocycles. The Morgan fingerprint density at radius 2 is 1.67 bits per heavy atom. The minimum Gasteiger partial charge on any atom is -0.490 e. The molecule has 1 nitrogen and oxygen atoms in total. The molecule has 1 aliphatic rings. The number of hydrogen-bond acceptors (Lipinski definition) is 1. The predicted octanol–water partition coefficient (Wildman–Crippen LogP) is 5.79. The van der Waals surface area contributed by atoms with E-state index in [0.717, 1.165) is 17.6 Å². The number of rotatable bonds is 8. The second kappa shape index (κ2) is 8.92. The van der Waals surface area contributed by atoms with Gasteiger partial charge in [0.05, 0.1) is 0 Å². The van der Waals surface area contributed by atoms with Gasteiger partial charge < -0.3 is 4.74 Å². The fourth-order valence-electron chi connectivity index (χ4n) is 3.50. The van der Waals surface area contributed by atoms with E-state index in [0.29, 0.717) is 6.61 Å². The van der Waals surface area contributed by atoms with Crippen molar-refractivity contribution in [1.29, 1.82) is 0 Å². The maximum absolute atomic E-state index is 5.52. The SMILES string of the molecule is C=CCOc1ccc(CC[C@H]2CC[C@H](CCC)CC2)cc1. The highest BCUT2D eigenvalue weighted by molar-refractivity contribution is 5.27. The van der Waals surface area contributed by atoms with Crippen LogP contribution in [0.1, 0.15) is 57.4 Å². The van der Waals surface area contributed by atoms with Crippen LogP contribution in [0.5, 0.6) is 5.75 Å². The van der Waals surface area contributed by atoms with Crippen LogP contribution in [-0.2, 0) is 6.42 Å². The van der Waals surface area contributed by atoms with E-state index < -0.39 is 0 Å². The molecule has 1 fully saturated rings. The van der Waals surface area contributed by atoms with Gasteiger partial charge in [-0.25, -0.2) is 0 Å². The van der Waals surface area contributed by atoms with Crippen molar-refractivity contribution >= 4 is 0 Å². The Bertz CT molecular complexity index is 398. The van der Waals surface area contributed by atoms with Crippen LogP contribution in [0.2, 0.25) is 0 Å². The molecule has 0 aromatic heterocycles. The molecule has 0 N–H and O–H groups in total. The first-order chi connectivity index (χ1) is 10.3. The van der Waals surface area contributed by atoms with Crippen LogP contribution < -0.4 is 4.74 Å². The summed E-state index contributed by atoms with van der Waals surface area (Å²) in [5.41, 5.74) is 1.44. The molecule has 0 amide bonds. The number of benzene rings is 1. The van der Waals surface area contributed by atoms with Crippen molar-refractivity contribution in [2.24, 2.45) is 11.8 Å². The van der Waals surface area contributed by atoms with Crippen LogP contribution in [0.3, 0.4) is 0 Å². The summed E-state index contributed by atoms with van der Waals surface area (Å²) in [5, 5.41) is 0. The van der Waals surface area contributed by atoms with Crippen molar-refractivity contribution in [2.75, 3.05) is 6.61 Å². The average Bonchev–Trinajstić information content (AvgIpc) is 2.53. The van der Waals surface area contributed by atoms with Gasteiger partial charge in [0, 0.05) is 0 Å². The molecule has 1 aromatic carbocycles. The minimum absolute atomic E-state index is 0.584. The first-order valence-corrected chi connectivity index (χ1v) is 8.64. The molecule has 1 aromatic rings. The normalized spacial score (nSPS) is 22.0. The fraction of sp³-hybridized carbons (Fsp3) is 0.600. The lowest BCUT2D eigenvalue weighted by Gasteiger charge is -2.28. The van der Waals surface area contributed by atoms with Gasteiger partial charge in [0.2, 0.25) is 0 Å². The van der Waals surface area contributed by atoms with Gasteiger partial charge in [-0.05, 0) is 42.4 Å². The lowest BCUT2D eigenvalue weighted by atomic mass is 9.78. The molecule has 0 bridgehead atoms. The Labute approximate surface area is 130 Å². The highest BCUT2D eigenvalue weighted by Crippen LogP contribution is 2.33. The molecule has 0 unspecified atom stereocenters. The first-order valence-electron chi connectivity index (χ1n) is 8.64. The molecule has 21 heavy (non-hydrogen) atoms. The molecule has 1 saturated carbocycles. The van der Waals surface area contributed by atoms with Crippen molar-refractivity contribution in [3.05, 3.63) is 42.5 Å². The summed E-state index contributed by atoms with van der Waals surface area (Å²) in [6.07, 6.45) is 13.0. The van der Waals surface area contributed by atoms with E-state index in [4.69, 9.17) is 4.74 Å². The summed E-state index contributed by atoms with van der Waals surface area (Å²) in [6.45, 7) is 6.56. The molecular formula is C20H30O. The fourth-order valence-corrected chi connectivity index (χ4v) is 3.50. The smallest absolute Gasteiger partial charge is 0.119 e. The van der Waals surface area contributed by atoms with E-state index in [1.807, 2.05) is 0 Å². The summed E-state index contributed by atoms with van der Waals surface area (Å²) >= 11 is 0. The zero-order chi connectivity index (χ0) is 14.9. The Morgan fingerprint density at radius 1 is 1.05 bits per heavy atom. The number of hydrogen-bond donors (Lipinski definition) is 0. The Morgan fingerprint density at radius 3 is 2.24 bits per heavy atom. The summed E-state index contributed by atoms with van der Waals surface area (Å²) in [4.78, 5) is 0. The topological polar surface area (TPSA) is 9.23 Å². The largest absolute Gasteiger partial charge is 0.490 e. The molecule has 1 aliphatic carbocycles.